The summed E-state index contributed by atoms with van der Waals surface area (Å²) in [5, 5.41) is 0. The summed E-state index contributed by atoms with van der Waals surface area (Å²) in [6, 6.07) is 25.9. The number of imidazole rings is 1. The number of H-pyrrole nitrogens is 1. The Bertz CT molecular complexity index is 1650. The van der Waals surface area contributed by atoms with E-state index in [-0.39, 0.29) is 23.6 Å². The van der Waals surface area contributed by atoms with E-state index in [0.717, 1.165) is 28.2 Å². The molecule has 0 atom stereocenters. The highest BCUT2D eigenvalue weighted by Gasteiger charge is 2.37. The topological polar surface area (TPSA) is 107 Å². The highest BCUT2D eigenvalue weighted by atomic mass is 16.5. The van der Waals surface area contributed by atoms with Gasteiger partial charge in [0.15, 0.2) is 11.2 Å². The van der Waals surface area contributed by atoms with Gasteiger partial charge in [-0.25, -0.2) is 9.98 Å². The Morgan fingerprint density at radius 1 is 0.905 bits per heavy atom. The average molecular weight is 566 g/mol. The molecular formula is C32H33N6O4. The molecule has 215 valence electrons. The second-order valence-electron chi connectivity index (χ2n) is 9.77. The normalized spacial score (nSPS) is 11.7. The van der Waals surface area contributed by atoms with E-state index in [2.05, 4.69) is 32.1 Å². The number of nitrogens with one attached hydrogen (secondary N) is 1. The van der Waals surface area contributed by atoms with Gasteiger partial charge >= 0.3 is 0 Å². The van der Waals surface area contributed by atoms with E-state index in [0.29, 0.717) is 12.2 Å². The first-order valence-electron chi connectivity index (χ1n) is 13.4. The largest absolute Gasteiger partial charge is 0.497 e. The third kappa shape index (κ3) is 5.89. The first-order chi connectivity index (χ1) is 20.4. The molecule has 0 unspecified atom stereocenters. The number of aromatic nitrogens is 4. The molecular weight excluding hydrogens is 532 g/mol. The number of methoxy groups -OCH3 is 2. The van der Waals surface area contributed by atoms with Crippen LogP contribution in [0.4, 0.5) is 5.95 Å². The molecule has 10 heteroatoms. The molecule has 0 saturated carbocycles. The van der Waals surface area contributed by atoms with Crippen LogP contribution in [0.2, 0.25) is 0 Å². The minimum absolute atomic E-state index is 0.210. The summed E-state index contributed by atoms with van der Waals surface area (Å²) in [7, 11) is 6.97. The van der Waals surface area contributed by atoms with Gasteiger partial charge in [-0.15, -0.1) is 0 Å². The zero-order chi connectivity index (χ0) is 29.5. The van der Waals surface area contributed by atoms with Crippen LogP contribution in [0.5, 0.6) is 11.5 Å². The fourth-order valence-corrected chi connectivity index (χ4v) is 4.76. The molecule has 5 rings (SSSR count). The van der Waals surface area contributed by atoms with Crippen molar-refractivity contribution in [3.8, 4) is 11.5 Å². The van der Waals surface area contributed by atoms with Gasteiger partial charge in [0, 0.05) is 27.1 Å². The summed E-state index contributed by atoms with van der Waals surface area (Å²) in [6.07, 6.45) is 5.16. The maximum atomic E-state index is 12.6. The van der Waals surface area contributed by atoms with Crippen molar-refractivity contribution in [1.29, 1.82) is 0 Å². The molecule has 0 aliphatic rings. The van der Waals surface area contributed by atoms with E-state index >= 15 is 0 Å². The van der Waals surface area contributed by atoms with E-state index in [4.69, 9.17) is 14.2 Å². The van der Waals surface area contributed by atoms with Crippen molar-refractivity contribution in [2.45, 2.75) is 12.1 Å². The standard InChI is InChI=1S/C32H33N6O4/c1-37(2)21-34-31-35-29-28(30(39)36-31)33-22-38(29)19-8-20-42-32(23-9-6-5-7-10-23,24-11-15-26(40-3)16-12-24)25-13-17-27(41-4)18-14-25/h5-18,21-22H,19-20H2,1-4H3,(H,35,36,39)/b34-21+. The lowest BCUT2D eigenvalue weighted by Crippen LogP contribution is -2.33. The number of hydrogen-bond donors (Lipinski definition) is 1. The minimum atomic E-state index is -0.934. The van der Waals surface area contributed by atoms with E-state index in [1.165, 1.54) is 0 Å². The Kier molecular flexibility index (Phi) is 8.63. The van der Waals surface area contributed by atoms with Crippen molar-refractivity contribution >= 4 is 23.5 Å². The number of ether oxygens (including phenoxy) is 3. The van der Waals surface area contributed by atoms with Crippen LogP contribution in [0.15, 0.2) is 95.0 Å². The zero-order valence-corrected chi connectivity index (χ0v) is 24.0. The lowest BCUT2D eigenvalue weighted by atomic mass is 9.80. The van der Waals surface area contributed by atoms with Crippen molar-refractivity contribution in [1.82, 2.24) is 24.4 Å². The Labute approximate surface area is 244 Å². The third-order valence-corrected chi connectivity index (χ3v) is 6.79. The number of aromatic amines is 1. The van der Waals surface area contributed by atoms with Crippen molar-refractivity contribution < 1.29 is 14.2 Å². The number of benzene rings is 3. The first-order valence-corrected chi connectivity index (χ1v) is 13.4. The van der Waals surface area contributed by atoms with Crippen LogP contribution in [0, 0.1) is 6.42 Å². The minimum Gasteiger partial charge on any atom is -0.497 e. The molecule has 2 aromatic heterocycles. The fourth-order valence-electron chi connectivity index (χ4n) is 4.76. The van der Waals surface area contributed by atoms with Gasteiger partial charge in [0.05, 0.1) is 33.5 Å². The van der Waals surface area contributed by atoms with Crippen molar-refractivity contribution in [3.63, 3.8) is 0 Å². The second kappa shape index (κ2) is 12.7. The summed E-state index contributed by atoms with van der Waals surface area (Å²) in [5.74, 6) is 1.72. The molecule has 1 radical (unpaired) electrons. The van der Waals surface area contributed by atoms with Crippen LogP contribution in [0.1, 0.15) is 16.7 Å². The number of fused-ring (bicyclic) bond motifs is 1. The van der Waals surface area contributed by atoms with Crippen LogP contribution in [0.3, 0.4) is 0 Å². The molecule has 0 saturated heterocycles. The lowest BCUT2D eigenvalue weighted by Gasteiger charge is -2.36. The summed E-state index contributed by atoms with van der Waals surface area (Å²) >= 11 is 0. The third-order valence-electron chi connectivity index (χ3n) is 6.79. The molecule has 0 aliphatic carbocycles. The summed E-state index contributed by atoms with van der Waals surface area (Å²) in [4.78, 5) is 30.0. The highest BCUT2D eigenvalue weighted by Crippen LogP contribution is 2.41. The van der Waals surface area contributed by atoms with Crippen LogP contribution in [-0.2, 0) is 16.9 Å². The van der Waals surface area contributed by atoms with Crippen LogP contribution in [-0.4, -0.2) is 65.7 Å². The maximum Gasteiger partial charge on any atom is 0.280 e. The van der Waals surface area contributed by atoms with E-state index in [9.17, 15) is 4.79 Å². The van der Waals surface area contributed by atoms with E-state index in [1.807, 2.05) is 87.2 Å². The lowest BCUT2D eigenvalue weighted by molar-refractivity contribution is 0.0248. The Balaban J connectivity index is 1.47. The summed E-state index contributed by atoms with van der Waals surface area (Å²) in [6.45, 7) is 0.696. The van der Waals surface area contributed by atoms with E-state index < -0.39 is 5.60 Å². The van der Waals surface area contributed by atoms with Gasteiger partial charge < -0.3 is 23.7 Å². The molecule has 0 aliphatic heterocycles. The van der Waals surface area contributed by atoms with Gasteiger partial charge in [-0.2, -0.15) is 4.98 Å². The Morgan fingerprint density at radius 2 is 1.50 bits per heavy atom. The SMILES string of the molecule is COc1ccc(C(OC[CH]Cn2cnc3c(=O)[nH]c(/N=C/N(C)C)nc32)(c2ccccc2)c2ccc(OC)cc2)cc1. The zero-order valence-electron chi connectivity index (χ0n) is 24.0. The Morgan fingerprint density at radius 3 is 2.07 bits per heavy atom. The monoisotopic (exact) mass is 565 g/mol. The van der Waals surface area contributed by atoms with Crippen LogP contribution in [0.25, 0.3) is 11.2 Å². The molecule has 2 heterocycles. The van der Waals surface area contributed by atoms with Gasteiger partial charge in [0.2, 0.25) is 5.95 Å². The number of aliphatic imine (C=N–C) groups is 1. The Hall–Kier alpha value is -4.96. The molecule has 3 aromatic carbocycles. The smallest absolute Gasteiger partial charge is 0.280 e. The van der Waals surface area contributed by atoms with Gasteiger partial charge in [0.1, 0.15) is 17.1 Å². The van der Waals surface area contributed by atoms with Gasteiger partial charge in [-0.3, -0.25) is 9.78 Å². The molecule has 42 heavy (non-hydrogen) atoms. The van der Waals surface area contributed by atoms with Crippen LogP contribution >= 0.6 is 0 Å². The molecule has 1 N–H and O–H groups in total. The quantitative estimate of drug-likeness (QED) is 0.102. The number of hydrogen-bond acceptors (Lipinski definition) is 7. The van der Waals surface area contributed by atoms with Crippen LogP contribution < -0.4 is 15.0 Å². The first kappa shape index (κ1) is 28.6. The van der Waals surface area contributed by atoms with Crippen molar-refractivity contribution in [2.75, 3.05) is 34.9 Å². The average Bonchev–Trinajstić information content (AvgIpc) is 3.44. The highest BCUT2D eigenvalue weighted by molar-refractivity contribution is 5.71. The second-order valence-corrected chi connectivity index (χ2v) is 9.77. The molecule has 0 spiro atoms. The molecule has 5 aromatic rings. The van der Waals surface area contributed by atoms with Crippen molar-refractivity contribution in [3.05, 3.63) is 119 Å². The molecule has 0 bridgehead atoms. The summed E-state index contributed by atoms with van der Waals surface area (Å²) < 4.78 is 19.5. The van der Waals surface area contributed by atoms with Crippen molar-refractivity contribution in [2.24, 2.45) is 4.99 Å². The molecule has 0 fully saturated rings. The van der Waals surface area contributed by atoms with E-state index in [1.54, 1.807) is 36.4 Å². The van der Waals surface area contributed by atoms with Gasteiger partial charge in [-0.05, 0) is 41.0 Å². The molecule has 10 nitrogen and oxygen atoms in total. The summed E-state index contributed by atoms with van der Waals surface area (Å²) in [5.41, 5.74) is 2.28. The fraction of sp³-hybridized carbons (Fsp3) is 0.219. The predicted octanol–water partition coefficient (Wildman–Crippen LogP) is 4.57. The predicted molar refractivity (Wildman–Crippen MR) is 163 cm³/mol. The molecule has 0 amide bonds. The maximum absolute atomic E-state index is 12.6. The van der Waals surface area contributed by atoms with Gasteiger partial charge in [-0.1, -0.05) is 54.6 Å². The van der Waals surface area contributed by atoms with Gasteiger partial charge in [0.25, 0.3) is 5.56 Å². The number of rotatable bonds is 12. The number of nitrogens with zero attached hydrogens (tertiary/aromatic N) is 5.